The van der Waals surface area contributed by atoms with Gasteiger partial charge in [-0.05, 0) is 49.1 Å². The number of amides is 3. The molecule has 1 aliphatic rings. The number of fused-ring (bicyclic) bond motifs is 1. The number of aromatic nitrogens is 1. The zero-order valence-electron chi connectivity index (χ0n) is 22.0. The molecule has 3 amide bonds. The molecular weight excluding hydrogens is 458 g/mol. The minimum Gasteiger partial charge on any atom is -0.491 e. The van der Waals surface area contributed by atoms with Crippen molar-refractivity contribution in [1.82, 2.24) is 20.1 Å². The number of ether oxygens (including phenoxy) is 2. The second-order valence-corrected chi connectivity index (χ2v) is 9.48. The Labute approximate surface area is 214 Å². The predicted molar refractivity (Wildman–Crippen MR) is 140 cm³/mol. The molecule has 1 aliphatic heterocycles. The fourth-order valence-corrected chi connectivity index (χ4v) is 4.29. The van der Waals surface area contributed by atoms with Crippen molar-refractivity contribution < 1.29 is 19.1 Å². The Morgan fingerprint density at radius 2 is 2.06 bits per heavy atom. The van der Waals surface area contributed by atoms with Gasteiger partial charge >= 0.3 is 6.03 Å². The number of nitrogens with zero attached hydrogens (tertiary/aromatic N) is 3. The third kappa shape index (κ3) is 7.41. The summed E-state index contributed by atoms with van der Waals surface area (Å²) in [5, 5.41) is 5.59. The Hall–Kier alpha value is -3.17. The summed E-state index contributed by atoms with van der Waals surface area (Å²) >= 11 is 0. The van der Waals surface area contributed by atoms with Gasteiger partial charge in [-0.3, -0.25) is 14.7 Å². The maximum Gasteiger partial charge on any atom is 0.319 e. The summed E-state index contributed by atoms with van der Waals surface area (Å²) in [6, 6.07) is 8.96. The maximum absolute atomic E-state index is 13.5. The number of hydrogen-bond acceptors (Lipinski definition) is 6. The summed E-state index contributed by atoms with van der Waals surface area (Å²) in [7, 11) is 3.45. The first-order valence-electron chi connectivity index (χ1n) is 12.5. The lowest BCUT2D eigenvalue weighted by Crippen LogP contribution is -2.46. The second kappa shape index (κ2) is 13.2. The molecule has 0 unspecified atom stereocenters. The van der Waals surface area contributed by atoms with Crippen LogP contribution in [0, 0.1) is 5.92 Å². The van der Waals surface area contributed by atoms with Crippen LogP contribution in [-0.4, -0.2) is 79.3 Å². The SMILES string of the molecule is CCCNC(=O)Nc1ccc2c(c1)C(=O)N(C)C[C@H](OC)[C@H](C)CN(Cc1cccnc1)[C@H](C)CO2. The Balaban J connectivity index is 1.89. The normalized spacial score (nSPS) is 21.5. The maximum atomic E-state index is 13.5. The third-order valence-corrected chi connectivity index (χ3v) is 6.48. The average Bonchev–Trinajstić information content (AvgIpc) is 2.88. The van der Waals surface area contributed by atoms with E-state index in [4.69, 9.17) is 9.47 Å². The van der Waals surface area contributed by atoms with Crippen LogP contribution in [-0.2, 0) is 11.3 Å². The van der Waals surface area contributed by atoms with Gasteiger partial charge in [0.05, 0.1) is 11.7 Å². The summed E-state index contributed by atoms with van der Waals surface area (Å²) in [6.45, 7) is 9.18. The first-order chi connectivity index (χ1) is 17.3. The number of methoxy groups -OCH3 is 1. The summed E-state index contributed by atoms with van der Waals surface area (Å²) in [4.78, 5) is 33.9. The highest BCUT2D eigenvalue weighted by molar-refractivity contribution is 5.99. The Bertz CT molecular complexity index is 1000. The molecule has 1 aromatic heterocycles. The van der Waals surface area contributed by atoms with Gasteiger partial charge in [0.15, 0.2) is 0 Å². The number of hydrogen-bond donors (Lipinski definition) is 2. The molecule has 2 heterocycles. The number of anilines is 1. The first kappa shape index (κ1) is 27.4. The Morgan fingerprint density at radius 1 is 1.25 bits per heavy atom. The van der Waals surface area contributed by atoms with Crippen molar-refractivity contribution in [3.63, 3.8) is 0 Å². The van der Waals surface area contributed by atoms with Crippen molar-refractivity contribution in [2.24, 2.45) is 5.92 Å². The topological polar surface area (TPSA) is 96.0 Å². The van der Waals surface area contributed by atoms with Crippen LogP contribution in [0.3, 0.4) is 0 Å². The van der Waals surface area contributed by atoms with Crippen molar-refractivity contribution in [3.8, 4) is 5.75 Å². The van der Waals surface area contributed by atoms with E-state index in [1.54, 1.807) is 43.5 Å². The highest BCUT2D eigenvalue weighted by atomic mass is 16.5. The monoisotopic (exact) mass is 497 g/mol. The number of benzene rings is 1. The molecule has 0 radical (unpaired) electrons. The molecule has 0 bridgehead atoms. The molecule has 1 aromatic carbocycles. The van der Waals surface area contributed by atoms with Crippen molar-refractivity contribution in [2.75, 3.05) is 45.7 Å². The Kier molecular flexibility index (Phi) is 10.1. The molecule has 9 heteroatoms. The quantitative estimate of drug-likeness (QED) is 0.633. The van der Waals surface area contributed by atoms with Crippen molar-refractivity contribution in [2.45, 2.75) is 45.9 Å². The molecule has 3 atom stereocenters. The highest BCUT2D eigenvalue weighted by Gasteiger charge is 2.28. The van der Waals surface area contributed by atoms with Gasteiger partial charge in [-0.25, -0.2) is 4.79 Å². The van der Waals surface area contributed by atoms with E-state index in [0.717, 1.165) is 25.1 Å². The average molecular weight is 498 g/mol. The van der Waals surface area contributed by atoms with Crippen molar-refractivity contribution in [3.05, 3.63) is 53.9 Å². The van der Waals surface area contributed by atoms with Gasteiger partial charge in [-0.1, -0.05) is 19.9 Å². The van der Waals surface area contributed by atoms with E-state index in [9.17, 15) is 9.59 Å². The van der Waals surface area contributed by atoms with Crippen LogP contribution in [0.5, 0.6) is 5.75 Å². The summed E-state index contributed by atoms with van der Waals surface area (Å²) in [5.41, 5.74) is 2.06. The number of nitrogens with one attached hydrogen (secondary N) is 2. The molecule has 196 valence electrons. The minimum atomic E-state index is -0.306. The zero-order chi connectivity index (χ0) is 26.1. The lowest BCUT2D eigenvalue weighted by Gasteiger charge is -2.36. The van der Waals surface area contributed by atoms with Gasteiger partial charge in [0, 0.05) is 64.5 Å². The number of pyridine rings is 1. The van der Waals surface area contributed by atoms with Crippen molar-refractivity contribution in [1.29, 1.82) is 0 Å². The van der Waals surface area contributed by atoms with Crippen LogP contribution >= 0.6 is 0 Å². The third-order valence-electron chi connectivity index (χ3n) is 6.48. The van der Waals surface area contributed by atoms with Crippen LogP contribution in [0.4, 0.5) is 10.5 Å². The minimum absolute atomic E-state index is 0.0721. The van der Waals surface area contributed by atoms with Gasteiger partial charge in [-0.15, -0.1) is 0 Å². The molecular formula is C27H39N5O4. The molecule has 0 spiro atoms. The van der Waals surface area contributed by atoms with Crippen LogP contribution in [0.1, 0.15) is 43.1 Å². The van der Waals surface area contributed by atoms with Gasteiger partial charge in [0.25, 0.3) is 5.91 Å². The van der Waals surface area contributed by atoms with Crippen LogP contribution < -0.4 is 15.4 Å². The lowest BCUT2D eigenvalue weighted by molar-refractivity contribution is 0.00920. The predicted octanol–water partition coefficient (Wildman–Crippen LogP) is 3.62. The number of carbonyl (C=O) groups excluding carboxylic acids is 2. The number of likely N-dealkylation sites (N-methyl/N-ethyl adjacent to an activating group) is 1. The molecule has 0 saturated carbocycles. The molecule has 2 aromatic rings. The summed E-state index contributed by atoms with van der Waals surface area (Å²) in [6.07, 6.45) is 4.35. The van der Waals surface area contributed by atoms with Gasteiger partial charge < -0.3 is 25.0 Å². The zero-order valence-corrected chi connectivity index (χ0v) is 22.0. The van der Waals surface area contributed by atoms with Crippen LogP contribution in [0.15, 0.2) is 42.7 Å². The number of rotatable bonds is 6. The molecule has 36 heavy (non-hydrogen) atoms. The lowest BCUT2D eigenvalue weighted by atomic mass is 10.0. The Morgan fingerprint density at radius 3 is 2.75 bits per heavy atom. The summed E-state index contributed by atoms with van der Waals surface area (Å²) < 4.78 is 12.0. The van der Waals surface area contributed by atoms with Crippen molar-refractivity contribution >= 4 is 17.6 Å². The van der Waals surface area contributed by atoms with E-state index >= 15 is 0 Å². The molecule has 0 saturated heterocycles. The van der Waals surface area contributed by atoms with E-state index in [1.165, 1.54) is 0 Å². The summed E-state index contributed by atoms with van der Waals surface area (Å²) in [5.74, 6) is 0.470. The largest absolute Gasteiger partial charge is 0.491 e. The van der Waals surface area contributed by atoms with Crippen LogP contribution in [0.25, 0.3) is 0 Å². The second-order valence-electron chi connectivity index (χ2n) is 9.48. The van der Waals surface area contributed by atoms with E-state index in [-0.39, 0.29) is 30.0 Å². The van der Waals surface area contributed by atoms with Gasteiger partial charge in [-0.2, -0.15) is 0 Å². The first-order valence-corrected chi connectivity index (χ1v) is 12.5. The molecule has 0 fully saturated rings. The van der Waals surface area contributed by atoms with Gasteiger partial charge in [0.2, 0.25) is 0 Å². The van der Waals surface area contributed by atoms with E-state index in [2.05, 4.69) is 40.4 Å². The van der Waals surface area contributed by atoms with Gasteiger partial charge in [0.1, 0.15) is 12.4 Å². The smallest absolute Gasteiger partial charge is 0.319 e. The molecule has 9 nitrogen and oxygen atoms in total. The van der Waals surface area contributed by atoms with Crippen LogP contribution in [0.2, 0.25) is 0 Å². The van der Waals surface area contributed by atoms with E-state index < -0.39 is 0 Å². The number of carbonyl (C=O) groups is 2. The number of urea groups is 1. The standard InChI is InChI=1S/C27H39N5O4/c1-6-11-29-27(34)30-22-9-10-24-23(13-22)26(33)31(4)17-25(35-5)19(2)15-32(20(3)18-36-24)16-21-8-7-12-28-14-21/h7-10,12-14,19-20,25H,6,11,15-18H2,1-5H3,(H2,29,30,34)/t19-,20-,25+/m1/s1. The molecule has 0 aliphatic carbocycles. The molecule has 3 rings (SSSR count). The fourth-order valence-electron chi connectivity index (χ4n) is 4.29. The van der Waals surface area contributed by atoms with E-state index in [0.29, 0.717) is 36.7 Å². The highest BCUT2D eigenvalue weighted by Crippen LogP contribution is 2.26. The molecule has 2 N–H and O–H groups in total. The fraction of sp³-hybridized carbons (Fsp3) is 0.519. The van der Waals surface area contributed by atoms with E-state index in [1.807, 2.05) is 19.2 Å².